The third kappa shape index (κ3) is 4.55. The number of aromatic nitrogens is 1. The number of hydrogen-bond donors (Lipinski definition) is 2. The Balaban J connectivity index is 2.06. The normalized spacial score (nSPS) is 11.7. The van der Waals surface area contributed by atoms with Crippen LogP contribution in [0.5, 0.6) is 5.88 Å². The maximum atomic E-state index is 12.5. The molecule has 0 aliphatic heterocycles. The average molecular weight is 327 g/mol. The summed E-state index contributed by atoms with van der Waals surface area (Å²) in [6.07, 6.45) is 1.51. The summed E-state index contributed by atoms with van der Waals surface area (Å²) in [5.41, 5.74) is 1.06. The van der Waals surface area contributed by atoms with Crippen LogP contribution in [0.15, 0.2) is 48.7 Å². The molecule has 126 valence electrons. The molecule has 6 nitrogen and oxygen atoms in total. The SMILES string of the molecule is COc1ccc(NC(=O)[C@@H](NC(=O)c2ccccc2)C(C)C)cn1. The molecule has 24 heavy (non-hydrogen) atoms. The van der Waals surface area contributed by atoms with E-state index in [0.29, 0.717) is 17.1 Å². The van der Waals surface area contributed by atoms with Crippen LogP contribution in [0.1, 0.15) is 24.2 Å². The van der Waals surface area contributed by atoms with Crippen LogP contribution in [0.25, 0.3) is 0 Å². The number of carbonyl (C=O) groups is 2. The molecule has 1 aromatic heterocycles. The Kier molecular flexibility index (Phi) is 5.89. The van der Waals surface area contributed by atoms with Gasteiger partial charge in [0.15, 0.2) is 0 Å². The van der Waals surface area contributed by atoms with Crippen molar-refractivity contribution in [2.75, 3.05) is 12.4 Å². The lowest BCUT2D eigenvalue weighted by atomic mass is 10.0. The zero-order valence-corrected chi connectivity index (χ0v) is 13.9. The number of hydrogen-bond acceptors (Lipinski definition) is 4. The third-order valence-corrected chi connectivity index (χ3v) is 3.48. The van der Waals surface area contributed by atoms with Gasteiger partial charge >= 0.3 is 0 Å². The first-order chi connectivity index (χ1) is 11.5. The van der Waals surface area contributed by atoms with Crippen molar-refractivity contribution >= 4 is 17.5 Å². The van der Waals surface area contributed by atoms with Crippen LogP contribution in [0.4, 0.5) is 5.69 Å². The van der Waals surface area contributed by atoms with Crippen molar-refractivity contribution in [1.82, 2.24) is 10.3 Å². The summed E-state index contributed by atoms with van der Waals surface area (Å²) >= 11 is 0. The van der Waals surface area contributed by atoms with Crippen LogP contribution in [-0.4, -0.2) is 29.9 Å². The quantitative estimate of drug-likeness (QED) is 0.854. The Morgan fingerprint density at radius 2 is 1.79 bits per heavy atom. The van der Waals surface area contributed by atoms with Crippen LogP contribution in [0.2, 0.25) is 0 Å². The Hall–Kier alpha value is -2.89. The van der Waals surface area contributed by atoms with Crippen molar-refractivity contribution in [2.24, 2.45) is 5.92 Å². The van der Waals surface area contributed by atoms with E-state index in [0.717, 1.165) is 0 Å². The Bertz CT molecular complexity index is 684. The van der Waals surface area contributed by atoms with Gasteiger partial charge < -0.3 is 15.4 Å². The minimum Gasteiger partial charge on any atom is -0.481 e. The maximum Gasteiger partial charge on any atom is 0.251 e. The molecule has 1 atom stereocenters. The number of anilines is 1. The number of nitrogens with one attached hydrogen (secondary N) is 2. The molecule has 1 heterocycles. The number of pyridine rings is 1. The highest BCUT2D eigenvalue weighted by Crippen LogP contribution is 2.13. The summed E-state index contributed by atoms with van der Waals surface area (Å²) in [6.45, 7) is 3.75. The van der Waals surface area contributed by atoms with Gasteiger partial charge in [-0.3, -0.25) is 9.59 Å². The number of ether oxygens (including phenoxy) is 1. The molecular formula is C18H21N3O3. The highest BCUT2D eigenvalue weighted by atomic mass is 16.5. The van der Waals surface area contributed by atoms with Crippen molar-refractivity contribution in [1.29, 1.82) is 0 Å². The summed E-state index contributed by atoms with van der Waals surface area (Å²) in [5, 5.41) is 5.54. The standard InChI is InChI=1S/C18H21N3O3/c1-12(2)16(21-17(22)13-7-5-4-6-8-13)18(23)20-14-9-10-15(24-3)19-11-14/h4-12,16H,1-3H3,(H,20,23)(H,21,22)/t16-/m0/s1. The Morgan fingerprint density at radius 1 is 1.08 bits per heavy atom. The lowest BCUT2D eigenvalue weighted by Gasteiger charge is -2.21. The third-order valence-electron chi connectivity index (χ3n) is 3.48. The molecule has 0 saturated heterocycles. The van der Waals surface area contributed by atoms with Crippen LogP contribution in [0.3, 0.4) is 0 Å². The molecular weight excluding hydrogens is 306 g/mol. The molecule has 2 rings (SSSR count). The van der Waals surface area contributed by atoms with Crippen LogP contribution < -0.4 is 15.4 Å². The van der Waals surface area contributed by atoms with Gasteiger partial charge in [0.25, 0.3) is 5.91 Å². The zero-order chi connectivity index (χ0) is 17.5. The largest absolute Gasteiger partial charge is 0.481 e. The van der Waals surface area contributed by atoms with Crippen molar-refractivity contribution in [3.8, 4) is 5.88 Å². The zero-order valence-electron chi connectivity index (χ0n) is 13.9. The first kappa shape index (κ1) is 17.5. The molecule has 0 fully saturated rings. The van der Waals surface area contributed by atoms with Gasteiger partial charge in [-0.15, -0.1) is 0 Å². The number of carbonyl (C=O) groups excluding carboxylic acids is 2. The number of nitrogens with zero attached hydrogens (tertiary/aromatic N) is 1. The van der Waals surface area contributed by atoms with Crippen molar-refractivity contribution in [3.05, 3.63) is 54.2 Å². The Labute approximate surface area is 141 Å². The lowest BCUT2D eigenvalue weighted by molar-refractivity contribution is -0.118. The van der Waals surface area contributed by atoms with Crippen molar-refractivity contribution in [2.45, 2.75) is 19.9 Å². The molecule has 0 aliphatic carbocycles. The first-order valence-electron chi connectivity index (χ1n) is 7.68. The fourth-order valence-corrected chi connectivity index (χ4v) is 2.14. The smallest absolute Gasteiger partial charge is 0.251 e. The van der Waals surface area contributed by atoms with Gasteiger partial charge in [0.2, 0.25) is 11.8 Å². The second kappa shape index (κ2) is 8.10. The number of rotatable bonds is 6. The van der Waals surface area contributed by atoms with E-state index in [9.17, 15) is 9.59 Å². The first-order valence-corrected chi connectivity index (χ1v) is 7.68. The molecule has 0 bridgehead atoms. The minimum absolute atomic E-state index is 0.0659. The van der Waals surface area contributed by atoms with Gasteiger partial charge in [0.05, 0.1) is 19.0 Å². The van der Waals surface area contributed by atoms with Crippen LogP contribution in [0, 0.1) is 5.92 Å². The summed E-state index contributed by atoms with van der Waals surface area (Å²) in [7, 11) is 1.52. The number of benzene rings is 1. The van der Waals surface area contributed by atoms with Gasteiger partial charge in [-0.2, -0.15) is 0 Å². The second-order valence-electron chi connectivity index (χ2n) is 5.64. The summed E-state index contributed by atoms with van der Waals surface area (Å²) in [4.78, 5) is 28.8. The van der Waals surface area contributed by atoms with Gasteiger partial charge in [-0.05, 0) is 24.1 Å². The minimum atomic E-state index is -0.653. The second-order valence-corrected chi connectivity index (χ2v) is 5.64. The Morgan fingerprint density at radius 3 is 2.33 bits per heavy atom. The fourth-order valence-electron chi connectivity index (χ4n) is 2.14. The predicted octanol–water partition coefficient (Wildman–Crippen LogP) is 2.48. The summed E-state index contributed by atoms with van der Waals surface area (Å²) in [6, 6.07) is 11.5. The molecule has 1 aromatic carbocycles. The van der Waals surface area contributed by atoms with E-state index in [1.807, 2.05) is 19.9 Å². The van der Waals surface area contributed by atoms with Gasteiger partial charge in [0, 0.05) is 11.6 Å². The number of amides is 2. The van der Waals surface area contributed by atoms with E-state index in [4.69, 9.17) is 4.74 Å². The van der Waals surface area contributed by atoms with Crippen molar-refractivity contribution < 1.29 is 14.3 Å². The van der Waals surface area contributed by atoms with Crippen LogP contribution in [-0.2, 0) is 4.79 Å². The van der Waals surface area contributed by atoms with Gasteiger partial charge in [-0.1, -0.05) is 32.0 Å². The monoisotopic (exact) mass is 327 g/mol. The highest BCUT2D eigenvalue weighted by molar-refractivity contribution is 6.01. The molecule has 0 unspecified atom stereocenters. The van der Waals surface area contributed by atoms with E-state index in [-0.39, 0.29) is 17.7 Å². The average Bonchev–Trinajstić information content (AvgIpc) is 2.60. The molecule has 2 aromatic rings. The summed E-state index contributed by atoms with van der Waals surface area (Å²) < 4.78 is 4.98. The summed E-state index contributed by atoms with van der Waals surface area (Å²) in [5.74, 6) is -0.173. The van der Waals surface area contributed by atoms with Gasteiger partial charge in [0.1, 0.15) is 6.04 Å². The number of methoxy groups -OCH3 is 1. The fraction of sp³-hybridized carbons (Fsp3) is 0.278. The molecule has 2 N–H and O–H groups in total. The van der Waals surface area contributed by atoms with E-state index in [2.05, 4.69) is 15.6 Å². The topological polar surface area (TPSA) is 80.3 Å². The molecule has 0 spiro atoms. The molecule has 6 heteroatoms. The van der Waals surface area contributed by atoms with Crippen LogP contribution >= 0.6 is 0 Å². The maximum absolute atomic E-state index is 12.5. The predicted molar refractivity (Wildman–Crippen MR) is 92.0 cm³/mol. The molecule has 0 aliphatic rings. The van der Waals surface area contributed by atoms with E-state index >= 15 is 0 Å². The molecule has 0 saturated carbocycles. The van der Waals surface area contributed by atoms with Crippen molar-refractivity contribution in [3.63, 3.8) is 0 Å². The van der Waals surface area contributed by atoms with E-state index < -0.39 is 6.04 Å². The van der Waals surface area contributed by atoms with E-state index in [1.165, 1.54) is 13.3 Å². The lowest BCUT2D eigenvalue weighted by Crippen LogP contribution is -2.47. The van der Waals surface area contributed by atoms with E-state index in [1.54, 1.807) is 36.4 Å². The highest BCUT2D eigenvalue weighted by Gasteiger charge is 2.24. The van der Waals surface area contributed by atoms with Gasteiger partial charge in [-0.25, -0.2) is 4.98 Å². The molecule has 0 radical (unpaired) electrons. The molecule has 2 amide bonds.